The average molecular weight is 433 g/mol. The van der Waals surface area contributed by atoms with Gasteiger partial charge in [0.1, 0.15) is 11.5 Å². The molecule has 4 rings (SSSR count). The van der Waals surface area contributed by atoms with Crippen LogP contribution in [0.3, 0.4) is 0 Å². The van der Waals surface area contributed by atoms with E-state index in [0.717, 1.165) is 24.2 Å². The molecule has 3 aromatic rings. The second-order valence-electron chi connectivity index (χ2n) is 6.91. The molecule has 0 spiro atoms. The Hall–Kier alpha value is -3.56. The van der Waals surface area contributed by atoms with Gasteiger partial charge in [-0.2, -0.15) is 0 Å². The first-order valence-corrected chi connectivity index (χ1v) is 9.49. The molecule has 0 radical (unpaired) electrons. The first-order chi connectivity index (χ1) is 14.8. The van der Waals surface area contributed by atoms with Crippen molar-refractivity contribution in [3.8, 4) is 23.1 Å². The first-order valence-electron chi connectivity index (χ1n) is 9.49. The molecule has 0 unspecified atom stereocenters. The van der Waals surface area contributed by atoms with Gasteiger partial charge in [0, 0.05) is 23.4 Å². The summed E-state index contributed by atoms with van der Waals surface area (Å²) in [6, 6.07) is 7.89. The fourth-order valence-corrected chi connectivity index (χ4v) is 3.41. The summed E-state index contributed by atoms with van der Waals surface area (Å²) in [7, 11) is 1.51. The molecular weight excluding hydrogens is 415 g/mol. The highest BCUT2D eigenvalue weighted by molar-refractivity contribution is 5.94. The number of rotatable bonds is 5. The summed E-state index contributed by atoms with van der Waals surface area (Å²) in [5, 5.41) is 2.82. The van der Waals surface area contributed by atoms with E-state index < -0.39 is 24.1 Å². The SMILES string of the molecule is COc1cc(-c2nc3c(o2)[C@H](NC(=O)c2cccc(OC(F)(F)F)c2)CCC3)ccn1. The number of aromatic nitrogens is 2. The minimum Gasteiger partial charge on any atom is -0.481 e. The topological polar surface area (TPSA) is 86.5 Å². The average Bonchev–Trinajstić information content (AvgIpc) is 3.18. The zero-order valence-corrected chi connectivity index (χ0v) is 16.4. The van der Waals surface area contributed by atoms with Gasteiger partial charge in [-0.3, -0.25) is 4.79 Å². The highest BCUT2D eigenvalue weighted by Gasteiger charge is 2.32. The second-order valence-corrected chi connectivity index (χ2v) is 6.91. The number of nitrogens with one attached hydrogen (secondary N) is 1. The van der Waals surface area contributed by atoms with Crippen LogP contribution in [0.2, 0.25) is 0 Å². The number of nitrogens with zero attached hydrogens (tertiary/aromatic N) is 2. The van der Waals surface area contributed by atoms with Crippen LogP contribution >= 0.6 is 0 Å². The molecule has 1 amide bonds. The minimum atomic E-state index is -4.83. The van der Waals surface area contributed by atoms with Gasteiger partial charge in [0.25, 0.3) is 5.91 Å². The molecule has 162 valence electrons. The summed E-state index contributed by atoms with van der Waals surface area (Å²) >= 11 is 0. The number of halogens is 3. The van der Waals surface area contributed by atoms with Gasteiger partial charge in [-0.15, -0.1) is 13.2 Å². The lowest BCUT2D eigenvalue weighted by atomic mass is 9.96. The van der Waals surface area contributed by atoms with E-state index in [1.54, 1.807) is 18.3 Å². The number of carbonyl (C=O) groups is 1. The van der Waals surface area contributed by atoms with Crippen LogP contribution in [-0.4, -0.2) is 29.3 Å². The highest BCUT2D eigenvalue weighted by Crippen LogP contribution is 2.34. The maximum absolute atomic E-state index is 12.7. The standard InChI is InChI=1S/C21H18F3N3O4/c1-29-17-11-13(8-9-25-17)20-27-16-7-3-6-15(18(16)30-20)26-19(28)12-4-2-5-14(10-12)31-21(22,23)24/h2,4-5,8-11,15H,3,6-7H2,1H3,(H,26,28)/t15-/m1/s1. The van der Waals surface area contributed by atoms with Crippen LogP contribution in [0.1, 0.15) is 40.7 Å². The lowest BCUT2D eigenvalue weighted by molar-refractivity contribution is -0.274. The van der Waals surface area contributed by atoms with E-state index in [4.69, 9.17) is 9.15 Å². The molecule has 1 N–H and O–H groups in total. The third-order valence-corrected chi connectivity index (χ3v) is 4.78. The van der Waals surface area contributed by atoms with Crippen molar-refractivity contribution in [2.45, 2.75) is 31.7 Å². The van der Waals surface area contributed by atoms with Gasteiger partial charge in [0.05, 0.1) is 18.8 Å². The Bertz CT molecular complexity index is 1100. The Kier molecular flexibility index (Phi) is 5.53. The van der Waals surface area contributed by atoms with Gasteiger partial charge in [0.15, 0.2) is 0 Å². The first kappa shape index (κ1) is 20.7. The number of pyridine rings is 1. The van der Waals surface area contributed by atoms with Crippen molar-refractivity contribution in [2.75, 3.05) is 7.11 Å². The number of oxazole rings is 1. The van der Waals surface area contributed by atoms with Gasteiger partial charge in [-0.25, -0.2) is 9.97 Å². The van der Waals surface area contributed by atoms with Crippen molar-refractivity contribution < 1.29 is 31.9 Å². The molecule has 0 bridgehead atoms. The Morgan fingerprint density at radius 2 is 2.10 bits per heavy atom. The lowest BCUT2D eigenvalue weighted by Gasteiger charge is -2.21. The molecule has 2 aromatic heterocycles. The predicted octanol–water partition coefficient (Wildman–Crippen LogP) is 4.45. The third-order valence-electron chi connectivity index (χ3n) is 4.78. The van der Waals surface area contributed by atoms with Crippen LogP contribution < -0.4 is 14.8 Å². The van der Waals surface area contributed by atoms with Crippen LogP contribution in [0.15, 0.2) is 47.0 Å². The van der Waals surface area contributed by atoms with Gasteiger partial charge in [-0.1, -0.05) is 6.07 Å². The zero-order valence-electron chi connectivity index (χ0n) is 16.4. The van der Waals surface area contributed by atoms with Crippen molar-refractivity contribution in [1.82, 2.24) is 15.3 Å². The van der Waals surface area contributed by atoms with Gasteiger partial charge in [0.2, 0.25) is 11.8 Å². The van der Waals surface area contributed by atoms with Crippen LogP contribution in [-0.2, 0) is 6.42 Å². The van der Waals surface area contributed by atoms with E-state index in [2.05, 4.69) is 20.0 Å². The third kappa shape index (κ3) is 4.79. The van der Waals surface area contributed by atoms with Crippen molar-refractivity contribution in [1.29, 1.82) is 0 Å². The molecule has 10 heteroatoms. The number of hydrogen-bond acceptors (Lipinski definition) is 6. The van der Waals surface area contributed by atoms with E-state index in [1.807, 2.05) is 0 Å². The molecule has 1 aromatic carbocycles. The molecular formula is C21H18F3N3O4. The van der Waals surface area contributed by atoms with Crippen molar-refractivity contribution in [3.05, 3.63) is 59.6 Å². The Balaban J connectivity index is 1.54. The minimum absolute atomic E-state index is 0.0486. The summed E-state index contributed by atoms with van der Waals surface area (Å²) in [5.74, 6) is 0.340. The summed E-state index contributed by atoms with van der Waals surface area (Å²) in [4.78, 5) is 21.3. The van der Waals surface area contributed by atoms with E-state index in [1.165, 1.54) is 19.2 Å². The number of hydrogen-bond donors (Lipinski definition) is 1. The Morgan fingerprint density at radius 3 is 2.87 bits per heavy atom. The second kappa shape index (κ2) is 8.29. The number of ether oxygens (including phenoxy) is 2. The number of methoxy groups -OCH3 is 1. The van der Waals surface area contributed by atoms with Gasteiger partial charge in [-0.05, 0) is 43.5 Å². The van der Waals surface area contributed by atoms with Crippen LogP contribution in [0.25, 0.3) is 11.5 Å². The summed E-state index contributed by atoms with van der Waals surface area (Å²) in [5.41, 5.74) is 1.47. The van der Waals surface area contributed by atoms with Gasteiger partial charge >= 0.3 is 6.36 Å². The van der Waals surface area contributed by atoms with Crippen LogP contribution in [0.4, 0.5) is 13.2 Å². The summed E-state index contributed by atoms with van der Waals surface area (Å²) in [6.07, 6.45) is -1.17. The van der Waals surface area contributed by atoms with E-state index in [9.17, 15) is 18.0 Å². The maximum Gasteiger partial charge on any atom is 0.573 e. The quantitative estimate of drug-likeness (QED) is 0.640. The highest BCUT2D eigenvalue weighted by atomic mass is 19.4. The Morgan fingerprint density at radius 1 is 1.26 bits per heavy atom. The van der Waals surface area contributed by atoms with Crippen molar-refractivity contribution in [2.24, 2.45) is 0 Å². The molecule has 1 aliphatic carbocycles. The molecule has 0 fully saturated rings. The van der Waals surface area contributed by atoms with E-state index in [-0.39, 0.29) is 5.56 Å². The fraction of sp³-hybridized carbons (Fsp3) is 0.286. The molecule has 0 saturated heterocycles. The number of fused-ring (bicyclic) bond motifs is 1. The Labute approximate surface area is 175 Å². The van der Waals surface area contributed by atoms with Crippen molar-refractivity contribution >= 4 is 5.91 Å². The van der Waals surface area contributed by atoms with E-state index >= 15 is 0 Å². The number of alkyl halides is 3. The molecule has 0 saturated carbocycles. The lowest BCUT2D eigenvalue weighted by Crippen LogP contribution is -2.30. The molecule has 0 aliphatic heterocycles. The van der Waals surface area contributed by atoms with Crippen LogP contribution in [0, 0.1) is 0 Å². The van der Waals surface area contributed by atoms with E-state index in [0.29, 0.717) is 35.9 Å². The molecule has 1 aliphatic rings. The maximum atomic E-state index is 12.7. The molecule has 2 heterocycles. The van der Waals surface area contributed by atoms with Crippen LogP contribution in [0.5, 0.6) is 11.6 Å². The summed E-state index contributed by atoms with van der Waals surface area (Å²) < 4.78 is 52.3. The largest absolute Gasteiger partial charge is 0.573 e. The number of carbonyl (C=O) groups excluding carboxylic acids is 1. The normalized spacial score (nSPS) is 15.8. The molecule has 7 nitrogen and oxygen atoms in total. The smallest absolute Gasteiger partial charge is 0.481 e. The van der Waals surface area contributed by atoms with Gasteiger partial charge < -0.3 is 19.2 Å². The molecule has 31 heavy (non-hydrogen) atoms. The zero-order chi connectivity index (χ0) is 22.0. The van der Waals surface area contributed by atoms with Crippen molar-refractivity contribution in [3.63, 3.8) is 0 Å². The number of aryl methyl sites for hydroxylation is 1. The monoisotopic (exact) mass is 433 g/mol. The summed E-state index contributed by atoms with van der Waals surface area (Å²) in [6.45, 7) is 0. The number of benzene rings is 1. The predicted molar refractivity (Wildman–Crippen MR) is 103 cm³/mol. The fourth-order valence-electron chi connectivity index (χ4n) is 3.41. The number of amides is 1. The molecule has 1 atom stereocenters.